The Bertz CT molecular complexity index is 342. The van der Waals surface area contributed by atoms with Gasteiger partial charge in [-0.25, -0.2) is 0 Å². The van der Waals surface area contributed by atoms with Crippen LogP contribution in [0.25, 0.3) is 0 Å². The van der Waals surface area contributed by atoms with Crippen LogP contribution < -0.4 is 4.74 Å². The molecule has 90 valence electrons. The number of halogens is 1. The van der Waals surface area contributed by atoms with E-state index in [0.29, 0.717) is 6.61 Å². The quantitative estimate of drug-likeness (QED) is 0.744. The first-order valence-electron chi connectivity index (χ1n) is 5.69. The van der Waals surface area contributed by atoms with Gasteiger partial charge in [-0.1, -0.05) is 0 Å². The summed E-state index contributed by atoms with van der Waals surface area (Å²) in [6.07, 6.45) is 4.54. The van der Waals surface area contributed by atoms with Gasteiger partial charge in [0, 0.05) is 19.6 Å². The van der Waals surface area contributed by atoms with Gasteiger partial charge in [-0.3, -0.25) is 4.68 Å². The number of aryl methyl sites for hydroxylation is 1. The first kappa shape index (κ1) is 11.7. The van der Waals surface area contributed by atoms with Crippen molar-refractivity contribution in [3.8, 4) is 5.75 Å². The molecule has 1 aromatic rings. The largest absolute Gasteiger partial charge is 0.484 e. The number of rotatable bonds is 5. The van der Waals surface area contributed by atoms with Crippen LogP contribution in [-0.4, -0.2) is 34.0 Å². The maximum Gasteiger partial charge on any atom is 0.157 e. The van der Waals surface area contributed by atoms with Gasteiger partial charge < -0.3 is 9.47 Å². The molecule has 5 heteroatoms. The predicted molar refractivity (Wildman–Crippen MR) is 62.0 cm³/mol. The monoisotopic (exact) mass is 244 g/mol. The molecule has 0 radical (unpaired) electrons. The topological polar surface area (TPSA) is 36.3 Å². The highest BCUT2D eigenvalue weighted by Gasteiger charge is 2.42. The van der Waals surface area contributed by atoms with E-state index < -0.39 is 0 Å². The number of hydrogen-bond acceptors (Lipinski definition) is 3. The third-order valence-electron chi connectivity index (χ3n) is 2.76. The van der Waals surface area contributed by atoms with Gasteiger partial charge in [-0.05, 0) is 13.8 Å². The smallest absolute Gasteiger partial charge is 0.157 e. The van der Waals surface area contributed by atoms with E-state index in [0.717, 1.165) is 18.7 Å². The van der Waals surface area contributed by atoms with Crippen LogP contribution in [0.2, 0.25) is 0 Å². The Kier molecular flexibility index (Phi) is 3.71. The fourth-order valence-corrected chi connectivity index (χ4v) is 2.21. The average molecular weight is 245 g/mol. The van der Waals surface area contributed by atoms with Crippen molar-refractivity contribution >= 4 is 11.6 Å². The summed E-state index contributed by atoms with van der Waals surface area (Å²) >= 11 is 6.06. The van der Waals surface area contributed by atoms with Gasteiger partial charge in [-0.15, -0.1) is 11.6 Å². The molecule has 1 saturated carbocycles. The Morgan fingerprint density at radius 1 is 1.56 bits per heavy atom. The van der Waals surface area contributed by atoms with E-state index in [-0.39, 0.29) is 17.6 Å². The Balaban J connectivity index is 1.90. The van der Waals surface area contributed by atoms with Gasteiger partial charge in [0.15, 0.2) is 5.75 Å². The minimum Gasteiger partial charge on any atom is -0.484 e. The lowest BCUT2D eigenvalue weighted by Crippen LogP contribution is -2.52. The lowest BCUT2D eigenvalue weighted by atomic mass is 9.91. The molecular formula is C11H17ClN2O2. The molecule has 2 rings (SSSR count). The number of alkyl halides is 1. The molecule has 0 bridgehead atoms. The summed E-state index contributed by atoms with van der Waals surface area (Å²) in [5, 5.41) is 4.23. The van der Waals surface area contributed by atoms with Crippen molar-refractivity contribution in [2.24, 2.45) is 0 Å². The normalized spacial score (nSPS) is 28.8. The second kappa shape index (κ2) is 5.06. The van der Waals surface area contributed by atoms with E-state index in [1.807, 2.05) is 24.7 Å². The van der Waals surface area contributed by atoms with Crippen LogP contribution >= 0.6 is 11.6 Å². The van der Waals surface area contributed by atoms with Crippen LogP contribution in [0.1, 0.15) is 20.3 Å². The van der Waals surface area contributed by atoms with E-state index in [1.165, 1.54) is 0 Å². The first-order valence-corrected chi connectivity index (χ1v) is 6.13. The van der Waals surface area contributed by atoms with Crippen molar-refractivity contribution in [3.05, 3.63) is 12.4 Å². The van der Waals surface area contributed by atoms with Crippen molar-refractivity contribution in [1.29, 1.82) is 0 Å². The molecule has 16 heavy (non-hydrogen) atoms. The van der Waals surface area contributed by atoms with E-state index in [4.69, 9.17) is 21.1 Å². The number of ether oxygens (including phenoxy) is 2. The Hall–Kier alpha value is -0.740. The Morgan fingerprint density at radius 3 is 2.94 bits per heavy atom. The number of aromatic nitrogens is 2. The molecule has 1 aliphatic carbocycles. The van der Waals surface area contributed by atoms with Crippen molar-refractivity contribution in [3.63, 3.8) is 0 Å². The highest BCUT2D eigenvalue weighted by Crippen LogP contribution is 2.32. The fourth-order valence-electron chi connectivity index (χ4n) is 1.80. The average Bonchev–Trinajstić information content (AvgIpc) is 2.73. The Morgan fingerprint density at radius 2 is 2.38 bits per heavy atom. The van der Waals surface area contributed by atoms with Gasteiger partial charge >= 0.3 is 0 Å². The highest BCUT2D eigenvalue weighted by atomic mass is 35.5. The second-order valence-electron chi connectivity index (χ2n) is 3.86. The van der Waals surface area contributed by atoms with Gasteiger partial charge in [0.05, 0.1) is 17.8 Å². The lowest BCUT2D eigenvalue weighted by Gasteiger charge is -2.40. The summed E-state index contributed by atoms with van der Waals surface area (Å²) in [7, 11) is 0. The summed E-state index contributed by atoms with van der Waals surface area (Å²) in [6, 6.07) is 0. The summed E-state index contributed by atoms with van der Waals surface area (Å²) in [5.41, 5.74) is 0. The first-order chi connectivity index (χ1) is 7.74. The van der Waals surface area contributed by atoms with E-state index >= 15 is 0 Å². The van der Waals surface area contributed by atoms with Crippen LogP contribution in [0.5, 0.6) is 5.75 Å². The molecule has 1 aromatic heterocycles. The zero-order valence-electron chi connectivity index (χ0n) is 9.60. The van der Waals surface area contributed by atoms with Crippen LogP contribution in [0, 0.1) is 0 Å². The van der Waals surface area contributed by atoms with Crippen molar-refractivity contribution in [1.82, 2.24) is 9.78 Å². The molecule has 0 aromatic carbocycles. The van der Waals surface area contributed by atoms with Crippen molar-refractivity contribution in [2.45, 2.75) is 44.4 Å². The van der Waals surface area contributed by atoms with Crippen LogP contribution in [0.4, 0.5) is 0 Å². The molecule has 1 aliphatic rings. The Labute approximate surface area is 100 Å². The van der Waals surface area contributed by atoms with Gasteiger partial charge in [0.2, 0.25) is 0 Å². The van der Waals surface area contributed by atoms with E-state index in [2.05, 4.69) is 5.10 Å². The fraction of sp³-hybridized carbons (Fsp3) is 0.727. The summed E-state index contributed by atoms with van der Waals surface area (Å²) < 4.78 is 13.1. The zero-order chi connectivity index (χ0) is 11.5. The molecule has 0 amide bonds. The molecule has 0 N–H and O–H groups in total. The minimum atomic E-state index is 0.0108. The molecular weight excluding hydrogens is 228 g/mol. The summed E-state index contributed by atoms with van der Waals surface area (Å²) in [5.74, 6) is 0.792. The molecule has 0 spiro atoms. The van der Waals surface area contributed by atoms with E-state index in [9.17, 15) is 0 Å². The number of nitrogens with zero attached hydrogens (tertiary/aromatic N) is 2. The molecule has 1 heterocycles. The van der Waals surface area contributed by atoms with Gasteiger partial charge in [0.25, 0.3) is 0 Å². The van der Waals surface area contributed by atoms with Crippen LogP contribution in [-0.2, 0) is 11.3 Å². The molecule has 3 atom stereocenters. The molecule has 3 unspecified atom stereocenters. The standard InChI is InChI=1S/C11H17ClN2O2/c1-3-14-7-8(6-13-14)16-10-5-9(12)11(10)15-4-2/h6-7,9-11H,3-5H2,1-2H3. The third-order valence-corrected chi connectivity index (χ3v) is 3.19. The van der Waals surface area contributed by atoms with Crippen LogP contribution in [0.3, 0.4) is 0 Å². The lowest BCUT2D eigenvalue weighted by molar-refractivity contribution is -0.0759. The second-order valence-corrected chi connectivity index (χ2v) is 4.42. The maximum absolute atomic E-state index is 6.06. The van der Waals surface area contributed by atoms with Crippen LogP contribution in [0.15, 0.2) is 12.4 Å². The van der Waals surface area contributed by atoms with Gasteiger partial charge in [0.1, 0.15) is 12.2 Å². The molecule has 0 aliphatic heterocycles. The predicted octanol–water partition coefficient (Wildman–Crippen LogP) is 2.07. The maximum atomic E-state index is 6.06. The van der Waals surface area contributed by atoms with E-state index in [1.54, 1.807) is 6.20 Å². The van der Waals surface area contributed by atoms with Crippen molar-refractivity contribution < 1.29 is 9.47 Å². The molecule has 0 saturated heterocycles. The number of hydrogen-bond donors (Lipinski definition) is 0. The molecule has 4 nitrogen and oxygen atoms in total. The zero-order valence-corrected chi connectivity index (χ0v) is 10.4. The summed E-state index contributed by atoms with van der Waals surface area (Å²) in [4.78, 5) is 0. The van der Waals surface area contributed by atoms with Gasteiger partial charge in [-0.2, -0.15) is 5.10 Å². The third kappa shape index (κ3) is 2.33. The molecule has 1 fully saturated rings. The summed E-state index contributed by atoms with van der Waals surface area (Å²) in [6.45, 7) is 5.52. The highest BCUT2D eigenvalue weighted by molar-refractivity contribution is 6.21. The van der Waals surface area contributed by atoms with Crippen molar-refractivity contribution in [2.75, 3.05) is 6.61 Å². The SMILES string of the molecule is CCOC1C(Cl)CC1Oc1cnn(CC)c1. The minimum absolute atomic E-state index is 0.0108.